The number of nitrogens with zero attached hydrogens (tertiary/aromatic N) is 5. The number of aryl methyl sites for hydroxylation is 2. The molecule has 0 unspecified atom stereocenters. The fraction of sp³-hybridized carbons (Fsp3) is 0.455. The number of piperidine rings is 1. The smallest absolute Gasteiger partial charge is 0.325 e. The van der Waals surface area contributed by atoms with Gasteiger partial charge in [-0.1, -0.05) is 11.6 Å². The van der Waals surface area contributed by atoms with Crippen molar-refractivity contribution in [2.24, 2.45) is 0 Å². The molecule has 0 bridgehead atoms. The van der Waals surface area contributed by atoms with Gasteiger partial charge in [0.1, 0.15) is 18.5 Å². The molecule has 1 aromatic heterocycles. The molecule has 3 amide bonds. The molecule has 0 saturated carbocycles. The molecule has 0 aliphatic carbocycles. The van der Waals surface area contributed by atoms with Crippen molar-refractivity contribution in [1.29, 1.82) is 0 Å². The lowest BCUT2D eigenvalue weighted by Gasteiger charge is -2.33. The van der Waals surface area contributed by atoms with E-state index in [2.05, 4.69) is 9.97 Å². The monoisotopic (exact) mass is 443 g/mol. The molecule has 9 heteroatoms. The summed E-state index contributed by atoms with van der Waals surface area (Å²) in [4.78, 5) is 39.2. The van der Waals surface area contributed by atoms with Gasteiger partial charge >= 0.3 is 6.03 Å². The SMILES string of the molecule is Cc1cc(OC2CCN(C(=O)CN3CCN(c4ccc(Cl)cc4)C3=O)CC2)nc(C)n1. The third-order valence-electron chi connectivity index (χ3n) is 5.58. The predicted molar refractivity (Wildman–Crippen MR) is 118 cm³/mol. The van der Waals surface area contributed by atoms with Crippen LogP contribution in [0.15, 0.2) is 30.3 Å². The van der Waals surface area contributed by atoms with Crippen molar-refractivity contribution in [3.8, 4) is 5.88 Å². The molecule has 0 radical (unpaired) electrons. The number of benzene rings is 1. The molecule has 31 heavy (non-hydrogen) atoms. The normalized spacial score (nSPS) is 17.4. The van der Waals surface area contributed by atoms with Gasteiger partial charge in [0.05, 0.1) is 0 Å². The molecule has 1 aromatic carbocycles. The number of carbonyl (C=O) groups is 2. The Kier molecular flexibility index (Phi) is 6.27. The second kappa shape index (κ2) is 9.09. The van der Waals surface area contributed by atoms with Crippen molar-refractivity contribution in [2.75, 3.05) is 37.6 Å². The number of ether oxygens (including phenoxy) is 1. The Morgan fingerprint density at radius 2 is 1.81 bits per heavy atom. The first-order chi connectivity index (χ1) is 14.9. The van der Waals surface area contributed by atoms with Gasteiger partial charge in [-0.2, -0.15) is 4.98 Å². The van der Waals surface area contributed by atoms with Gasteiger partial charge in [0, 0.05) is 61.5 Å². The van der Waals surface area contributed by atoms with Crippen molar-refractivity contribution in [1.82, 2.24) is 19.8 Å². The fourth-order valence-corrected chi connectivity index (χ4v) is 4.12. The van der Waals surface area contributed by atoms with E-state index in [0.717, 1.165) is 24.2 Å². The summed E-state index contributed by atoms with van der Waals surface area (Å²) in [6.07, 6.45) is 1.49. The van der Waals surface area contributed by atoms with Crippen LogP contribution in [0.4, 0.5) is 10.5 Å². The fourth-order valence-electron chi connectivity index (χ4n) is 3.99. The number of aromatic nitrogens is 2. The molecule has 2 aliphatic rings. The van der Waals surface area contributed by atoms with E-state index in [0.29, 0.717) is 42.9 Å². The van der Waals surface area contributed by atoms with E-state index in [4.69, 9.17) is 16.3 Å². The molecular weight excluding hydrogens is 418 g/mol. The van der Waals surface area contributed by atoms with Gasteiger partial charge in [0.2, 0.25) is 11.8 Å². The number of amides is 3. The molecule has 164 valence electrons. The van der Waals surface area contributed by atoms with Crippen LogP contribution >= 0.6 is 11.6 Å². The quantitative estimate of drug-likeness (QED) is 0.709. The van der Waals surface area contributed by atoms with Crippen LogP contribution in [0.3, 0.4) is 0 Å². The molecule has 3 heterocycles. The van der Waals surface area contributed by atoms with E-state index in [1.165, 1.54) is 0 Å². The third kappa shape index (κ3) is 5.07. The van der Waals surface area contributed by atoms with Gasteiger partial charge in [-0.3, -0.25) is 9.69 Å². The largest absolute Gasteiger partial charge is 0.474 e. The van der Waals surface area contributed by atoms with Crippen LogP contribution in [0, 0.1) is 13.8 Å². The van der Waals surface area contributed by atoms with E-state index in [-0.39, 0.29) is 24.6 Å². The topological polar surface area (TPSA) is 78.9 Å². The Morgan fingerprint density at radius 1 is 1.10 bits per heavy atom. The average molecular weight is 444 g/mol. The standard InChI is InChI=1S/C22H26ClN5O3/c1-15-13-20(25-16(2)24-15)31-19-7-9-26(10-8-19)21(29)14-27-11-12-28(22(27)30)18-5-3-17(23)4-6-18/h3-6,13,19H,7-12,14H2,1-2H3. The van der Waals surface area contributed by atoms with Crippen molar-refractivity contribution in [2.45, 2.75) is 32.8 Å². The van der Waals surface area contributed by atoms with Gasteiger partial charge < -0.3 is 14.5 Å². The van der Waals surface area contributed by atoms with E-state index in [1.54, 1.807) is 21.9 Å². The van der Waals surface area contributed by atoms with Crippen molar-refractivity contribution in [3.05, 3.63) is 46.9 Å². The Bertz CT molecular complexity index is 940. The number of urea groups is 1. The summed E-state index contributed by atoms with van der Waals surface area (Å²) in [5.74, 6) is 1.24. The maximum atomic E-state index is 12.8. The van der Waals surface area contributed by atoms with Crippen LogP contribution in [0.5, 0.6) is 5.88 Å². The Hall–Kier alpha value is -2.87. The number of rotatable bonds is 5. The van der Waals surface area contributed by atoms with Gasteiger partial charge in [-0.15, -0.1) is 0 Å². The Balaban J connectivity index is 1.27. The molecule has 4 rings (SSSR count). The second-order valence-corrected chi connectivity index (χ2v) is 8.36. The molecular formula is C22H26ClN5O3. The lowest BCUT2D eigenvalue weighted by Crippen LogP contribution is -2.47. The number of likely N-dealkylation sites (tertiary alicyclic amines) is 1. The molecule has 2 aliphatic heterocycles. The van der Waals surface area contributed by atoms with Crippen molar-refractivity contribution >= 4 is 29.2 Å². The summed E-state index contributed by atoms with van der Waals surface area (Å²) >= 11 is 5.93. The summed E-state index contributed by atoms with van der Waals surface area (Å²) in [6.45, 7) is 6.15. The molecule has 2 fully saturated rings. The average Bonchev–Trinajstić information content (AvgIpc) is 3.08. The van der Waals surface area contributed by atoms with Crippen molar-refractivity contribution in [3.63, 3.8) is 0 Å². The molecule has 2 aromatic rings. The first-order valence-electron chi connectivity index (χ1n) is 10.5. The molecule has 0 N–H and O–H groups in total. The summed E-state index contributed by atoms with van der Waals surface area (Å²) in [7, 11) is 0. The highest BCUT2D eigenvalue weighted by atomic mass is 35.5. The number of anilines is 1. The van der Waals surface area contributed by atoms with E-state index < -0.39 is 0 Å². The minimum absolute atomic E-state index is 0.0200. The summed E-state index contributed by atoms with van der Waals surface area (Å²) in [6, 6.07) is 8.83. The van der Waals surface area contributed by atoms with Crippen LogP contribution in [0.1, 0.15) is 24.4 Å². The first kappa shape index (κ1) is 21.4. The lowest BCUT2D eigenvalue weighted by atomic mass is 10.1. The predicted octanol–water partition coefficient (Wildman–Crippen LogP) is 3.06. The van der Waals surface area contributed by atoms with E-state index in [1.807, 2.05) is 36.9 Å². The van der Waals surface area contributed by atoms with E-state index >= 15 is 0 Å². The molecule has 2 saturated heterocycles. The summed E-state index contributed by atoms with van der Waals surface area (Å²) in [5, 5.41) is 0.625. The first-order valence-corrected chi connectivity index (χ1v) is 10.9. The van der Waals surface area contributed by atoms with Gasteiger partial charge in [-0.25, -0.2) is 9.78 Å². The number of hydrogen-bond donors (Lipinski definition) is 0. The summed E-state index contributed by atoms with van der Waals surface area (Å²) < 4.78 is 6.00. The number of halogens is 1. The minimum Gasteiger partial charge on any atom is -0.474 e. The molecule has 0 spiro atoms. The van der Waals surface area contributed by atoms with Crippen LogP contribution in [0.25, 0.3) is 0 Å². The minimum atomic E-state index is -0.150. The van der Waals surface area contributed by atoms with Crippen LogP contribution < -0.4 is 9.64 Å². The van der Waals surface area contributed by atoms with Crippen LogP contribution in [0.2, 0.25) is 5.02 Å². The highest BCUT2D eigenvalue weighted by molar-refractivity contribution is 6.30. The van der Waals surface area contributed by atoms with Gasteiger partial charge in [0.25, 0.3) is 0 Å². The highest BCUT2D eigenvalue weighted by Gasteiger charge is 2.33. The Morgan fingerprint density at radius 3 is 2.48 bits per heavy atom. The zero-order chi connectivity index (χ0) is 22.0. The Labute approximate surface area is 186 Å². The third-order valence-corrected chi connectivity index (χ3v) is 5.84. The van der Waals surface area contributed by atoms with E-state index in [9.17, 15) is 9.59 Å². The second-order valence-electron chi connectivity index (χ2n) is 7.92. The highest BCUT2D eigenvalue weighted by Crippen LogP contribution is 2.23. The maximum absolute atomic E-state index is 12.8. The van der Waals surface area contributed by atoms with Gasteiger partial charge in [-0.05, 0) is 38.1 Å². The van der Waals surface area contributed by atoms with Crippen LogP contribution in [-0.2, 0) is 4.79 Å². The maximum Gasteiger partial charge on any atom is 0.325 e. The lowest BCUT2D eigenvalue weighted by molar-refractivity contribution is -0.133. The van der Waals surface area contributed by atoms with Gasteiger partial charge in [0.15, 0.2) is 0 Å². The van der Waals surface area contributed by atoms with Crippen molar-refractivity contribution < 1.29 is 14.3 Å². The molecule has 8 nitrogen and oxygen atoms in total. The molecule has 0 atom stereocenters. The zero-order valence-electron chi connectivity index (χ0n) is 17.8. The summed E-state index contributed by atoms with van der Waals surface area (Å²) in [5.41, 5.74) is 1.66. The number of carbonyl (C=O) groups excluding carboxylic acids is 2. The number of hydrogen-bond acceptors (Lipinski definition) is 5. The zero-order valence-corrected chi connectivity index (χ0v) is 18.5. The van der Waals surface area contributed by atoms with Crippen LogP contribution in [-0.4, -0.2) is 70.5 Å².